The Bertz CT molecular complexity index is 570. The average Bonchev–Trinajstić information content (AvgIpc) is 2.91. The molecule has 0 bridgehead atoms. The molecule has 20 heavy (non-hydrogen) atoms. The maximum atomic E-state index is 12.2. The lowest BCUT2D eigenvalue weighted by molar-refractivity contribution is -0.142. The van der Waals surface area contributed by atoms with Gasteiger partial charge >= 0.3 is 6.18 Å². The van der Waals surface area contributed by atoms with E-state index in [9.17, 15) is 13.2 Å². The zero-order chi connectivity index (χ0) is 14.8. The van der Waals surface area contributed by atoms with Crippen molar-refractivity contribution in [3.63, 3.8) is 0 Å². The second-order valence-electron chi connectivity index (χ2n) is 4.50. The quantitative estimate of drug-likeness (QED) is 0.919. The Balaban J connectivity index is 1.97. The predicted octanol–water partition coefficient (Wildman–Crippen LogP) is 2.58. The molecule has 0 spiro atoms. The number of nitrogens with zero attached hydrogens (tertiary/aromatic N) is 4. The summed E-state index contributed by atoms with van der Waals surface area (Å²) in [5.74, 6) is 0.841. The van der Waals surface area contributed by atoms with Crippen molar-refractivity contribution in [3.05, 3.63) is 29.7 Å². The van der Waals surface area contributed by atoms with Crippen LogP contribution in [-0.4, -0.2) is 25.7 Å². The Morgan fingerprint density at radius 3 is 2.75 bits per heavy atom. The molecule has 0 aliphatic rings. The lowest BCUT2D eigenvalue weighted by Crippen LogP contribution is -2.17. The third-order valence-corrected chi connectivity index (χ3v) is 2.70. The number of hydrogen-bond donors (Lipinski definition) is 1. The van der Waals surface area contributed by atoms with Crippen molar-refractivity contribution in [1.29, 1.82) is 0 Å². The summed E-state index contributed by atoms with van der Waals surface area (Å²) in [5.41, 5.74) is 1.58. The topological polar surface area (TPSA) is 47.7 Å². The number of alkyl halides is 3. The number of aryl methyl sites for hydroxylation is 2. The normalized spacial score (nSPS) is 11.8. The van der Waals surface area contributed by atoms with E-state index < -0.39 is 12.7 Å². The van der Waals surface area contributed by atoms with Crippen molar-refractivity contribution in [3.8, 4) is 0 Å². The van der Waals surface area contributed by atoms with E-state index >= 15 is 0 Å². The van der Waals surface area contributed by atoms with Crippen LogP contribution in [0.4, 0.5) is 19.0 Å². The molecule has 0 aromatic carbocycles. The Morgan fingerprint density at radius 2 is 2.10 bits per heavy atom. The molecular weight excluding hydrogens is 271 g/mol. The molecule has 0 fully saturated rings. The molecule has 0 aliphatic carbocycles. The molecule has 2 rings (SSSR count). The van der Waals surface area contributed by atoms with Crippen molar-refractivity contribution in [2.24, 2.45) is 0 Å². The molecule has 110 valence electrons. The fraction of sp³-hybridized carbons (Fsp3) is 0.500. The summed E-state index contributed by atoms with van der Waals surface area (Å²) in [7, 11) is 0. The molecule has 2 aromatic rings. The first-order valence-corrected chi connectivity index (χ1v) is 6.24. The fourth-order valence-electron chi connectivity index (χ4n) is 1.89. The molecule has 0 saturated heterocycles. The summed E-state index contributed by atoms with van der Waals surface area (Å²) < 4.78 is 39.3. The molecule has 5 nitrogen and oxygen atoms in total. The molecule has 2 heterocycles. The van der Waals surface area contributed by atoms with E-state index in [2.05, 4.69) is 15.5 Å². The van der Waals surface area contributed by atoms with Gasteiger partial charge in [0, 0.05) is 30.9 Å². The van der Waals surface area contributed by atoms with Crippen LogP contribution in [0, 0.1) is 6.92 Å². The fourth-order valence-corrected chi connectivity index (χ4v) is 1.89. The summed E-state index contributed by atoms with van der Waals surface area (Å²) in [4.78, 5) is 0. The monoisotopic (exact) mass is 287 g/mol. The second kappa shape index (κ2) is 5.56. The van der Waals surface area contributed by atoms with E-state index in [1.165, 1.54) is 12.4 Å². The van der Waals surface area contributed by atoms with Gasteiger partial charge < -0.3 is 5.32 Å². The highest BCUT2D eigenvalue weighted by atomic mass is 19.4. The van der Waals surface area contributed by atoms with Crippen LogP contribution in [0.5, 0.6) is 0 Å². The van der Waals surface area contributed by atoms with Crippen LogP contribution in [0.25, 0.3) is 0 Å². The standard InChI is InChI=1S/C12H16F3N5/c1-3-20-11(4-9(2)18-20)16-5-10-6-17-19(7-10)8-12(13,14)15/h4,6-7,16H,3,5,8H2,1-2H3. The zero-order valence-corrected chi connectivity index (χ0v) is 11.3. The Hall–Kier alpha value is -1.99. The van der Waals surface area contributed by atoms with Crippen LogP contribution in [0.15, 0.2) is 18.5 Å². The molecule has 1 N–H and O–H groups in total. The van der Waals surface area contributed by atoms with E-state index in [0.29, 0.717) is 12.1 Å². The molecule has 0 atom stereocenters. The number of anilines is 1. The van der Waals surface area contributed by atoms with Gasteiger partial charge in [-0.05, 0) is 13.8 Å². The lowest BCUT2D eigenvalue weighted by atomic mass is 10.3. The van der Waals surface area contributed by atoms with Gasteiger partial charge in [0.2, 0.25) is 0 Å². The van der Waals surface area contributed by atoms with Gasteiger partial charge in [-0.15, -0.1) is 0 Å². The number of aromatic nitrogens is 4. The van der Waals surface area contributed by atoms with Crippen molar-refractivity contribution in [2.45, 2.75) is 39.7 Å². The van der Waals surface area contributed by atoms with Gasteiger partial charge in [-0.2, -0.15) is 23.4 Å². The minimum atomic E-state index is -4.26. The average molecular weight is 287 g/mol. The summed E-state index contributed by atoms with van der Waals surface area (Å²) in [5, 5.41) is 11.1. The lowest BCUT2D eigenvalue weighted by Gasteiger charge is -2.07. The van der Waals surface area contributed by atoms with Crippen LogP contribution in [0.2, 0.25) is 0 Å². The van der Waals surface area contributed by atoms with Gasteiger partial charge in [0.15, 0.2) is 0 Å². The zero-order valence-electron chi connectivity index (χ0n) is 11.3. The molecule has 0 unspecified atom stereocenters. The highest BCUT2D eigenvalue weighted by molar-refractivity contribution is 5.37. The summed E-state index contributed by atoms with van der Waals surface area (Å²) >= 11 is 0. The molecule has 0 radical (unpaired) electrons. The van der Waals surface area contributed by atoms with Crippen LogP contribution >= 0.6 is 0 Å². The van der Waals surface area contributed by atoms with Gasteiger partial charge in [0.05, 0.1) is 11.9 Å². The molecule has 0 saturated carbocycles. The number of hydrogen-bond acceptors (Lipinski definition) is 3. The Labute approximate surface area is 114 Å². The highest BCUT2D eigenvalue weighted by Gasteiger charge is 2.28. The summed E-state index contributed by atoms with van der Waals surface area (Å²) in [6, 6.07) is 1.89. The molecule has 2 aromatic heterocycles. The minimum Gasteiger partial charge on any atom is -0.366 e. The summed E-state index contributed by atoms with van der Waals surface area (Å²) in [6.07, 6.45) is -1.44. The first-order valence-electron chi connectivity index (χ1n) is 6.24. The molecular formula is C12H16F3N5. The third-order valence-electron chi connectivity index (χ3n) is 2.70. The maximum absolute atomic E-state index is 12.2. The van der Waals surface area contributed by atoms with Crippen LogP contribution < -0.4 is 5.32 Å². The van der Waals surface area contributed by atoms with Gasteiger partial charge in [0.1, 0.15) is 12.4 Å². The Morgan fingerprint density at radius 1 is 1.35 bits per heavy atom. The first-order chi connectivity index (χ1) is 9.37. The van der Waals surface area contributed by atoms with Gasteiger partial charge in [-0.3, -0.25) is 4.68 Å². The molecule has 0 amide bonds. The SMILES string of the molecule is CCn1nc(C)cc1NCc1cnn(CC(F)(F)F)c1. The maximum Gasteiger partial charge on any atom is 0.408 e. The van der Waals surface area contributed by atoms with Crippen LogP contribution in [-0.2, 0) is 19.6 Å². The second-order valence-corrected chi connectivity index (χ2v) is 4.50. The predicted molar refractivity (Wildman–Crippen MR) is 68.2 cm³/mol. The van der Waals surface area contributed by atoms with Crippen molar-refractivity contribution >= 4 is 5.82 Å². The van der Waals surface area contributed by atoms with Gasteiger partial charge in [-0.1, -0.05) is 0 Å². The van der Waals surface area contributed by atoms with Gasteiger partial charge in [-0.25, -0.2) is 4.68 Å². The van der Waals surface area contributed by atoms with E-state index in [1.54, 1.807) is 4.68 Å². The molecule has 8 heteroatoms. The van der Waals surface area contributed by atoms with Crippen molar-refractivity contribution < 1.29 is 13.2 Å². The van der Waals surface area contributed by atoms with Crippen LogP contribution in [0.3, 0.4) is 0 Å². The van der Waals surface area contributed by atoms with Crippen molar-refractivity contribution in [2.75, 3.05) is 5.32 Å². The van der Waals surface area contributed by atoms with E-state index in [4.69, 9.17) is 0 Å². The largest absolute Gasteiger partial charge is 0.408 e. The molecule has 0 aliphatic heterocycles. The van der Waals surface area contributed by atoms with E-state index in [-0.39, 0.29) is 0 Å². The number of rotatable bonds is 5. The van der Waals surface area contributed by atoms with E-state index in [0.717, 1.165) is 22.7 Å². The number of nitrogens with one attached hydrogen (secondary N) is 1. The highest BCUT2D eigenvalue weighted by Crippen LogP contribution is 2.17. The smallest absolute Gasteiger partial charge is 0.366 e. The van der Waals surface area contributed by atoms with Gasteiger partial charge in [0.25, 0.3) is 0 Å². The van der Waals surface area contributed by atoms with E-state index in [1.807, 2.05) is 19.9 Å². The first kappa shape index (κ1) is 14.4. The van der Waals surface area contributed by atoms with Crippen LogP contribution in [0.1, 0.15) is 18.2 Å². The summed E-state index contributed by atoms with van der Waals surface area (Å²) in [6.45, 7) is 3.92. The number of halogens is 3. The van der Waals surface area contributed by atoms with Crippen molar-refractivity contribution in [1.82, 2.24) is 19.6 Å². The minimum absolute atomic E-state index is 0.406. The third kappa shape index (κ3) is 3.75. The Kier molecular flexibility index (Phi) is 4.01.